The van der Waals surface area contributed by atoms with Gasteiger partial charge in [0.25, 0.3) is 0 Å². The third-order valence-corrected chi connectivity index (χ3v) is 16.2. The van der Waals surface area contributed by atoms with Crippen LogP contribution in [-0.4, -0.2) is 41.9 Å². The molecule has 0 aromatic carbocycles. The molecule has 0 saturated heterocycles. The molecular weight excluding hydrogens is 408 g/mol. The molecule has 6 heteroatoms. The summed E-state index contributed by atoms with van der Waals surface area (Å²) >= 11 is 0. The van der Waals surface area contributed by atoms with Gasteiger partial charge in [-0.05, 0) is 48.6 Å². The Morgan fingerprint density at radius 3 is 1.70 bits per heavy atom. The zero-order valence-corrected chi connectivity index (χ0v) is 24.3. The zero-order chi connectivity index (χ0) is 24.1. The Morgan fingerprint density at radius 2 is 1.33 bits per heavy atom. The van der Waals surface area contributed by atoms with Crippen molar-refractivity contribution in [3.05, 3.63) is 12.2 Å². The van der Waals surface area contributed by atoms with Crippen molar-refractivity contribution >= 4 is 22.6 Å². The molecule has 178 valence electrons. The summed E-state index contributed by atoms with van der Waals surface area (Å²) in [6, 6.07) is 0. The minimum Gasteiger partial charge on any atom is -0.466 e. The maximum Gasteiger partial charge on any atom is 0.330 e. The van der Waals surface area contributed by atoms with E-state index in [2.05, 4.69) is 88.5 Å². The first-order valence-electron chi connectivity index (χ1n) is 11.4. The highest BCUT2D eigenvalue weighted by Gasteiger charge is 2.44. The Hall–Kier alpha value is -0.436. The summed E-state index contributed by atoms with van der Waals surface area (Å²) in [5.74, 6) is -0.0500. The number of carbonyl (C=O) groups is 1. The van der Waals surface area contributed by atoms with E-state index in [0.717, 1.165) is 6.42 Å². The summed E-state index contributed by atoms with van der Waals surface area (Å²) in [6.07, 6.45) is 4.49. The van der Waals surface area contributed by atoms with E-state index in [4.69, 9.17) is 13.6 Å². The van der Waals surface area contributed by atoms with Crippen LogP contribution < -0.4 is 0 Å². The molecule has 0 saturated carbocycles. The van der Waals surface area contributed by atoms with Crippen molar-refractivity contribution in [3.8, 4) is 0 Å². The molecule has 0 bridgehead atoms. The highest BCUT2D eigenvalue weighted by molar-refractivity contribution is 6.74. The second-order valence-electron chi connectivity index (χ2n) is 11.8. The van der Waals surface area contributed by atoms with Gasteiger partial charge >= 0.3 is 5.97 Å². The first-order chi connectivity index (χ1) is 13.3. The molecule has 0 aliphatic carbocycles. The number of methoxy groups -OCH3 is 1. The quantitative estimate of drug-likeness (QED) is 0.197. The molecule has 30 heavy (non-hydrogen) atoms. The van der Waals surface area contributed by atoms with Crippen molar-refractivity contribution in [2.45, 2.75) is 117 Å². The van der Waals surface area contributed by atoms with Gasteiger partial charge in [-0.25, -0.2) is 4.79 Å². The van der Waals surface area contributed by atoms with Gasteiger partial charge in [-0.15, -0.1) is 0 Å². The van der Waals surface area contributed by atoms with Gasteiger partial charge < -0.3 is 13.6 Å². The third-order valence-electron chi connectivity index (χ3n) is 7.25. The number of ether oxygens (including phenoxy) is 1. The first kappa shape index (κ1) is 29.6. The number of carbonyl (C=O) groups excluding carboxylic acids is 1. The molecule has 4 nitrogen and oxygen atoms in total. The SMILES string of the molecule is CC[C@@H](O[Si](C)(C)C(C)(C)C)[C@H](C)[C@@H](O[Si](C)(C)C(C)(C)C)[C@@H](C)/C=C/C(=O)OC. The van der Waals surface area contributed by atoms with Crippen LogP contribution in [-0.2, 0) is 18.4 Å². The van der Waals surface area contributed by atoms with Gasteiger partial charge in [0, 0.05) is 18.1 Å². The number of hydrogen-bond acceptors (Lipinski definition) is 4. The predicted molar refractivity (Wildman–Crippen MR) is 134 cm³/mol. The number of esters is 1. The van der Waals surface area contributed by atoms with Crippen LogP contribution in [0.5, 0.6) is 0 Å². The van der Waals surface area contributed by atoms with E-state index in [1.165, 1.54) is 13.2 Å². The molecule has 0 heterocycles. The molecule has 0 aromatic heterocycles. The Bertz CT molecular complexity index is 571. The molecule has 0 aliphatic heterocycles. The zero-order valence-electron chi connectivity index (χ0n) is 22.3. The van der Waals surface area contributed by atoms with Gasteiger partial charge in [0.15, 0.2) is 16.6 Å². The van der Waals surface area contributed by atoms with E-state index in [0.29, 0.717) is 0 Å². The highest BCUT2D eigenvalue weighted by atomic mass is 28.4. The van der Waals surface area contributed by atoms with Gasteiger partial charge in [-0.2, -0.15) is 0 Å². The number of rotatable bonds is 10. The maximum atomic E-state index is 11.7. The molecule has 0 rings (SSSR count). The largest absolute Gasteiger partial charge is 0.466 e. The monoisotopic (exact) mass is 458 g/mol. The van der Waals surface area contributed by atoms with E-state index in [-0.39, 0.29) is 40.1 Å². The molecule has 0 aliphatic rings. The Balaban J connectivity index is 5.96. The molecule has 4 atom stereocenters. The summed E-state index contributed by atoms with van der Waals surface area (Å²) in [6.45, 7) is 29.4. The van der Waals surface area contributed by atoms with E-state index in [1.54, 1.807) is 0 Å². The van der Waals surface area contributed by atoms with Crippen LogP contribution in [0.2, 0.25) is 36.3 Å². The Morgan fingerprint density at radius 1 is 0.900 bits per heavy atom. The minimum absolute atomic E-state index is 0.0264. The molecular formula is C24H50O4Si2. The summed E-state index contributed by atoms with van der Waals surface area (Å²) in [5, 5.41) is 0.269. The van der Waals surface area contributed by atoms with Gasteiger partial charge in [0.1, 0.15) is 0 Å². The lowest BCUT2D eigenvalue weighted by Crippen LogP contribution is -2.51. The van der Waals surface area contributed by atoms with Gasteiger partial charge in [0.2, 0.25) is 0 Å². The molecule has 0 N–H and O–H groups in total. The Kier molecular flexibility index (Phi) is 10.8. The lowest BCUT2D eigenvalue weighted by atomic mass is 9.88. The summed E-state index contributed by atoms with van der Waals surface area (Å²) in [4.78, 5) is 11.7. The van der Waals surface area contributed by atoms with Crippen molar-refractivity contribution in [3.63, 3.8) is 0 Å². The Labute approximate surface area is 189 Å². The van der Waals surface area contributed by atoms with Gasteiger partial charge in [0.05, 0.1) is 13.2 Å². The van der Waals surface area contributed by atoms with E-state index >= 15 is 0 Å². The average Bonchev–Trinajstić information content (AvgIpc) is 2.59. The second-order valence-corrected chi connectivity index (χ2v) is 21.3. The summed E-state index contributed by atoms with van der Waals surface area (Å²) in [5.41, 5.74) is 0. The van der Waals surface area contributed by atoms with Crippen molar-refractivity contribution in [2.24, 2.45) is 11.8 Å². The standard InChI is InChI=1S/C24H50O4Si2/c1-15-20(27-29(11,12)23(4,5)6)19(3)22(18(2)16-17-21(25)26-10)28-30(13,14)24(7,8)9/h16-20,22H,15H2,1-14H3/b17-16+/t18-,19-,20+,22-/m0/s1. The fourth-order valence-electron chi connectivity index (χ4n) is 2.95. The van der Waals surface area contributed by atoms with Crippen molar-refractivity contribution in [1.82, 2.24) is 0 Å². The predicted octanol–water partition coefficient (Wildman–Crippen LogP) is 7.18. The van der Waals surface area contributed by atoms with Crippen LogP contribution in [0.1, 0.15) is 68.7 Å². The van der Waals surface area contributed by atoms with E-state index in [9.17, 15) is 4.79 Å². The topological polar surface area (TPSA) is 44.8 Å². The molecule has 0 aromatic rings. The van der Waals surface area contributed by atoms with E-state index in [1.807, 2.05) is 6.08 Å². The fraction of sp³-hybridized carbons (Fsp3) is 0.875. The maximum absolute atomic E-state index is 11.7. The van der Waals surface area contributed by atoms with Crippen molar-refractivity contribution < 1.29 is 18.4 Å². The molecule has 0 fully saturated rings. The smallest absolute Gasteiger partial charge is 0.330 e. The average molecular weight is 459 g/mol. The van der Waals surface area contributed by atoms with Gasteiger partial charge in [-0.3, -0.25) is 0 Å². The summed E-state index contributed by atoms with van der Waals surface area (Å²) < 4.78 is 18.6. The third kappa shape index (κ3) is 8.25. The number of hydrogen-bond donors (Lipinski definition) is 0. The lowest BCUT2D eigenvalue weighted by Gasteiger charge is -2.46. The van der Waals surface area contributed by atoms with Crippen LogP contribution in [0.3, 0.4) is 0 Å². The summed E-state index contributed by atoms with van der Waals surface area (Å²) in [7, 11) is -2.51. The fourth-order valence-corrected chi connectivity index (χ4v) is 5.90. The molecule has 0 amide bonds. The van der Waals surface area contributed by atoms with Crippen LogP contribution >= 0.6 is 0 Å². The second kappa shape index (κ2) is 10.9. The molecule has 0 unspecified atom stereocenters. The highest BCUT2D eigenvalue weighted by Crippen LogP contribution is 2.42. The minimum atomic E-state index is -2.01. The molecule has 0 radical (unpaired) electrons. The normalized spacial score (nSPS) is 18.2. The van der Waals surface area contributed by atoms with Crippen LogP contribution in [0.4, 0.5) is 0 Å². The van der Waals surface area contributed by atoms with Crippen LogP contribution in [0.25, 0.3) is 0 Å². The molecule has 0 spiro atoms. The van der Waals surface area contributed by atoms with E-state index < -0.39 is 16.6 Å². The first-order valence-corrected chi connectivity index (χ1v) is 17.2. The van der Waals surface area contributed by atoms with Crippen molar-refractivity contribution in [2.75, 3.05) is 7.11 Å². The van der Waals surface area contributed by atoms with Crippen LogP contribution in [0, 0.1) is 11.8 Å². The van der Waals surface area contributed by atoms with Crippen LogP contribution in [0.15, 0.2) is 12.2 Å². The lowest BCUT2D eigenvalue weighted by molar-refractivity contribution is -0.134. The van der Waals surface area contributed by atoms with Gasteiger partial charge in [-0.1, -0.05) is 68.4 Å². The van der Waals surface area contributed by atoms with Crippen molar-refractivity contribution in [1.29, 1.82) is 0 Å².